The maximum Gasteiger partial charge on any atom is 0.0553 e. The van der Waals surface area contributed by atoms with Crippen LogP contribution in [0.3, 0.4) is 0 Å². The normalized spacial score (nSPS) is 26.8. The highest BCUT2D eigenvalue weighted by Gasteiger charge is 2.23. The van der Waals surface area contributed by atoms with E-state index in [2.05, 4.69) is 35.0 Å². The molecule has 0 aromatic carbocycles. The summed E-state index contributed by atoms with van der Waals surface area (Å²) in [7, 11) is 0. The molecule has 0 amide bonds. The van der Waals surface area contributed by atoms with Crippen LogP contribution in [0, 0.1) is 5.92 Å². The van der Waals surface area contributed by atoms with Crippen LogP contribution in [0.1, 0.15) is 44.8 Å². The monoisotopic (exact) mass is 207 g/mol. The van der Waals surface area contributed by atoms with Gasteiger partial charge in [-0.25, -0.2) is 0 Å². The van der Waals surface area contributed by atoms with Gasteiger partial charge in [0.05, 0.1) is 5.69 Å². The van der Waals surface area contributed by atoms with Crippen LogP contribution < -0.4 is 5.32 Å². The summed E-state index contributed by atoms with van der Waals surface area (Å²) in [6, 6.07) is 2.67. The van der Waals surface area contributed by atoms with Gasteiger partial charge in [-0.1, -0.05) is 13.3 Å². The third-order valence-corrected chi connectivity index (χ3v) is 3.50. The molecule has 0 radical (unpaired) electrons. The average molecular weight is 207 g/mol. The number of nitrogens with zero attached hydrogens (tertiary/aromatic N) is 2. The molecule has 0 saturated carbocycles. The van der Waals surface area contributed by atoms with Gasteiger partial charge in [0.2, 0.25) is 0 Å². The second-order valence-corrected chi connectivity index (χ2v) is 4.38. The predicted octanol–water partition coefficient (Wildman–Crippen LogP) is 2.35. The van der Waals surface area contributed by atoms with Crippen LogP contribution in [0.5, 0.6) is 0 Å². The first kappa shape index (κ1) is 10.7. The van der Waals surface area contributed by atoms with Gasteiger partial charge in [-0.05, 0) is 38.3 Å². The Morgan fingerprint density at radius 1 is 1.53 bits per heavy atom. The molecule has 2 atom stereocenters. The smallest absolute Gasteiger partial charge is 0.0553 e. The lowest BCUT2D eigenvalue weighted by Crippen LogP contribution is -2.33. The van der Waals surface area contributed by atoms with E-state index in [9.17, 15) is 0 Å². The van der Waals surface area contributed by atoms with Crippen molar-refractivity contribution in [1.29, 1.82) is 0 Å². The first-order valence-corrected chi connectivity index (χ1v) is 6.10. The molecule has 2 heterocycles. The molecule has 1 aliphatic rings. The molecule has 2 rings (SSSR count). The van der Waals surface area contributed by atoms with Crippen molar-refractivity contribution in [1.82, 2.24) is 15.1 Å². The minimum atomic E-state index is 0.520. The predicted molar refractivity (Wildman–Crippen MR) is 61.7 cm³/mol. The summed E-state index contributed by atoms with van der Waals surface area (Å²) in [5.41, 5.74) is 1.36. The Kier molecular flexibility index (Phi) is 3.41. The van der Waals surface area contributed by atoms with Gasteiger partial charge in [-0.15, -0.1) is 0 Å². The van der Waals surface area contributed by atoms with Crippen molar-refractivity contribution < 1.29 is 0 Å². The van der Waals surface area contributed by atoms with E-state index >= 15 is 0 Å². The molecule has 3 heteroatoms. The third-order valence-electron chi connectivity index (χ3n) is 3.50. The van der Waals surface area contributed by atoms with Crippen LogP contribution in [0.2, 0.25) is 0 Å². The largest absolute Gasteiger partial charge is 0.309 e. The fraction of sp³-hybridized carbons (Fsp3) is 0.750. The Hall–Kier alpha value is -0.830. The fourth-order valence-corrected chi connectivity index (χ4v) is 2.50. The molecule has 15 heavy (non-hydrogen) atoms. The SMILES string of the molecule is CCC1CCNC(c2ccnn2CC)C1. The van der Waals surface area contributed by atoms with E-state index < -0.39 is 0 Å². The maximum absolute atomic E-state index is 4.34. The summed E-state index contributed by atoms with van der Waals surface area (Å²) >= 11 is 0. The summed E-state index contributed by atoms with van der Waals surface area (Å²) in [6.07, 6.45) is 5.81. The van der Waals surface area contributed by atoms with Gasteiger partial charge in [0.1, 0.15) is 0 Å². The Bertz CT molecular complexity index is 306. The Balaban J connectivity index is 2.09. The highest BCUT2D eigenvalue weighted by Crippen LogP contribution is 2.28. The standard InChI is InChI=1S/C12H21N3/c1-3-10-5-7-13-11(9-10)12-6-8-14-15(12)4-2/h6,8,10-11,13H,3-5,7,9H2,1-2H3. The van der Waals surface area contributed by atoms with E-state index in [0.29, 0.717) is 6.04 Å². The Morgan fingerprint density at radius 3 is 3.13 bits per heavy atom. The van der Waals surface area contributed by atoms with Gasteiger partial charge in [0.15, 0.2) is 0 Å². The van der Waals surface area contributed by atoms with Gasteiger partial charge >= 0.3 is 0 Å². The molecule has 1 fully saturated rings. The zero-order valence-corrected chi connectivity index (χ0v) is 9.74. The van der Waals surface area contributed by atoms with Crippen molar-refractivity contribution in [3.05, 3.63) is 18.0 Å². The number of aromatic nitrogens is 2. The maximum atomic E-state index is 4.34. The third kappa shape index (κ3) is 2.23. The van der Waals surface area contributed by atoms with Crippen LogP contribution in [0.25, 0.3) is 0 Å². The van der Waals surface area contributed by atoms with Crippen LogP contribution in [0.4, 0.5) is 0 Å². The summed E-state index contributed by atoms with van der Waals surface area (Å²) in [5.74, 6) is 0.886. The molecule has 1 aromatic heterocycles. The quantitative estimate of drug-likeness (QED) is 0.824. The summed E-state index contributed by atoms with van der Waals surface area (Å²) in [5, 5.41) is 7.94. The first-order valence-electron chi connectivity index (χ1n) is 6.10. The van der Waals surface area contributed by atoms with E-state index in [1.807, 2.05) is 6.20 Å². The van der Waals surface area contributed by atoms with E-state index in [1.54, 1.807) is 0 Å². The van der Waals surface area contributed by atoms with Gasteiger partial charge < -0.3 is 5.32 Å². The molecule has 3 nitrogen and oxygen atoms in total. The van der Waals surface area contributed by atoms with E-state index in [-0.39, 0.29) is 0 Å². The van der Waals surface area contributed by atoms with Crippen molar-refractivity contribution in [3.8, 4) is 0 Å². The number of aryl methyl sites for hydroxylation is 1. The lowest BCUT2D eigenvalue weighted by molar-refractivity contribution is 0.288. The Morgan fingerprint density at radius 2 is 2.40 bits per heavy atom. The number of hydrogen-bond donors (Lipinski definition) is 1. The molecule has 0 spiro atoms. The van der Waals surface area contributed by atoms with Crippen molar-refractivity contribution >= 4 is 0 Å². The molecule has 1 N–H and O–H groups in total. The molecule has 2 unspecified atom stereocenters. The van der Waals surface area contributed by atoms with Gasteiger partial charge in [-0.2, -0.15) is 5.10 Å². The zero-order valence-electron chi connectivity index (χ0n) is 9.74. The molecule has 1 saturated heterocycles. The molecule has 0 aliphatic carbocycles. The van der Waals surface area contributed by atoms with Gasteiger partial charge in [0, 0.05) is 18.8 Å². The minimum Gasteiger partial charge on any atom is -0.309 e. The average Bonchev–Trinajstić information content (AvgIpc) is 2.77. The molecule has 1 aliphatic heterocycles. The van der Waals surface area contributed by atoms with E-state index in [0.717, 1.165) is 19.0 Å². The number of hydrogen-bond acceptors (Lipinski definition) is 2. The zero-order chi connectivity index (χ0) is 10.7. The second kappa shape index (κ2) is 4.79. The second-order valence-electron chi connectivity index (χ2n) is 4.38. The van der Waals surface area contributed by atoms with Crippen LogP contribution in [-0.4, -0.2) is 16.3 Å². The molecule has 1 aromatic rings. The lowest BCUT2D eigenvalue weighted by Gasteiger charge is -2.30. The van der Waals surface area contributed by atoms with Crippen LogP contribution in [0.15, 0.2) is 12.3 Å². The molecule has 84 valence electrons. The molecular formula is C12H21N3. The number of piperidine rings is 1. The van der Waals surface area contributed by atoms with Gasteiger partial charge in [0.25, 0.3) is 0 Å². The topological polar surface area (TPSA) is 29.9 Å². The van der Waals surface area contributed by atoms with Crippen LogP contribution >= 0.6 is 0 Å². The van der Waals surface area contributed by atoms with Crippen molar-refractivity contribution in [2.24, 2.45) is 5.92 Å². The summed E-state index contributed by atoms with van der Waals surface area (Å²) < 4.78 is 2.11. The highest BCUT2D eigenvalue weighted by atomic mass is 15.3. The van der Waals surface area contributed by atoms with Crippen LogP contribution in [-0.2, 0) is 6.54 Å². The highest BCUT2D eigenvalue weighted by molar-refractivity contribution is 5.08. The molecule has 0 bridgehead atoms. The van der Waals surface area contributed by atoms with Crippen molar-refractivity contribution in [2.45, 2.75) is 45.7 Å². The first-order chi connectivity index (χ1) is 7.35. The summed E-state index contributed by atoms with van der Waals surface area (Å²) in [4.78, 5) is 0. The van der Waals surface area contributed by atoms with Crippen molar-refractivity contribution in [2.75, 3.05) is 6.54 Å². The molecular weight excluding hydrogens is 186 g/mol. The number of rotatable bonds is 3. The van der Waals surface area contributed by atoms with Gasteiger partial charge in [-0.3, -0.25) is 4.68 Å². The Labute approximate surface area is 91.9 Å². The van der Waals surface area contributed by atoms with E-state index in [4.69, 9.17) is 0 Å². The minimum absolute atomic E-state index is 0.520. The van der Waals surface area contributed by atoms with Crippen molar-refractivity contribution in [3.63, 3.8) is 0 Å². The number of nitrogens with one attached hydrogen (secondary N) is 1. The lowest BCUT2D eigenvalue weighted by atomic mass is 9.89. The van der Waals surface area contributed by atoms with E-state index in [1.165, 1.54) is 25.0 Å². The summed E-state index contributed by atoms with van der Waals surface area (Å²) in [6.45, 7) is 6.57. The fourth-order valence-electron chi connectivity index (χ4n) is 2.50.